The molecule has 0 unspecified atom stereocenters. The molecule has 2 N–H and O–H groups in total. The van der Waals surface area contributed by atoms with Crippen molar-refractivity contribution in [3.05, 3.63) is 58.5 Å². The number of amides is 1. The zero-order valence-electron chi connectivity index (χ0n) is 21.1. The first-order chi connectivity index (χ1) is 18.2. The average molecular weight is 752 g/mol. The predicted molar refractivity (Wildman–Crippen MR) is 159 cm³/mol. The third-order valence-electron chi connectivity index (χ3n) is 5.65. The van der Waals surface area contributed by atoms with Gasteiger partial charge in [-0.1, -0.05) is 45.2 Å². The lowest BCUT2D eigenvalue weighted by Gasteiger charge is -2.21. The van der Waals surface area contributed by atoms with E-state index in [1.54, 1.807) is 6.07 Å². The number of nitrogens with zero attached hydrogens (tertiary/aromatic N) is 3. The maximum absolute atomic E-state index is 12.5. The summed E-state index contributed by atoms with van der Waals surface area (Å²) in [5.41, 5.74) is 1.02. The first-order valence-electron chi connectivity index (χ1n) is 12.0. The lowest BCUT2D eigenvalue weighted by molar-refractivity contribution is 0.0904. The molecule has 0 aliphatic carbocycles. The molecule has 0 saturated heterocycles. The van der Waals surface area contributed by atoms with Crippen LogP contribution in [0.5, 0.6) is 0 Å². The number of hydrogen-bond donors (Lipinski definition) is 2. The molecule has 0 saturated carbocycles. The third kappa shape index (κ3) is 8.38. The lowest BCUT2D eigenvalue weighted by atomic mass is 10.1. The van der Waals surface area contributed by atoms with Crippen molar-refractivity contribution < 1.29 is 28.6 Å². The summed E-state index contributed by atoms with van der Waals surface area (Å²) in [5, 5.41) is 12.4. The van der Waals surface area contributed by atoms with Crippen LogP contribution in [0.2, 0.25) is 0 Å². The molecule has 11 nitrogen and oxygen atoms in total. The van der Waals surface area contributed by atoms with E-state index >= 15 is 0 Å². The van der Waals surface area contributed by atoms with Crippen molar-refractivity contribution in [2.45, 2.75) is 28.3 Å². The second-order valence-electron chi connectivity index (χ2n) is 8.30. The van der Waals surface area contributed by atoms with Crippen LogP contribution in [0.15, 0.2) is 46.0 Å². The van der Waals surface area contributed by atoms with Crippen LogP contribution in [0.4, 0.5) is 10.5 Å². The summed E-state index contributed by atoms with van der Waals surface area (Å²) in [6.45, 7) is 6.51. The van der Waals surface area contributed by atoms with E-state index in [9.17, 15) is 14.4 Å². The zero-order chi connectivity index (χ0) is 27.7. The molecule has 38 heavy (non-hydrogen) atoms. The standard InChI is InChI=1S/C25H30I2N4O7/c1-3-30(4-2)19-6-5-17-11-20(23(34)38-21(17)12-19)22(33)28-8-10-36-9-7-25(26,27)15-37-24(35)31-13-18(14-32)29-16-31/h5-6,11-13,16,32H,3-4,7-10,14-15H2,1-2H3,(H,28,33). The van der Waals surface area contributed by atoms with Crippen LogP contribution in [-0.4, -0.2) is 67.5 Å². The Morgan fingerprint density at radius 3 is 2.66 bits per heavy atom. The van der Waals surface area contributed by atoms with Gasteiger partial charge in [-0.05, 0) is 38.5 Å². The summed E-state index contributed by atoms with van der Waals surface area (Å²) in [7, 11) is 0. The van der Waals surface area contributed by atoms with Crippen LogP contribution < -0.4 is 15.8 Å². The van der Waals surface area contributed by atoms with Gasteiger partial charge in [0.1, 0.15) is 25.5 Å². The molecular formula is C25H30I2N4O7. The lowest BCUT2D eigenvalue weighted by Crippen LogP contribution is -2.31. The number of fused-ring (bicyclic) bond motifs is 1. The molecule has 0 atom stereocenters. The smallest absolute Gasteiger partial charge is 0.419 e. The molecule has 13 heteroatoms. The van der Waals surface area contributed by atoms with Gasteiger partial charge in [0.05, 0.1) is 18.9 Å². The molecule has 1 aromatic carbocycles. The molecular weight excluding hydrogens is 722 g/mol. The number of hydrogen-bond acceptors (Lipinski definition) is 9. The van der Waals surface area contributed by atoms with Gasteiger partial charge in [0.25, 0.3) is 5.91 Å². The number of carbonyl (C=O) groups excluding carboxylic acids is 2. The Morgan fingerprint density at radius 1 is 1.21 bits per heavy atom. The van der Waals surface area contributed by atoms with E-state index in [0.29, 0.717) is 29.7 Å². The van der Waals surface area contributed by atoms with E-state index in [4.69, 9.17) is 19.0 Å². The number of aliphatic hydroxyl groups is 1. The molecule has 1 amide bonds. The number of aromatic nitrogens is 2. The fourth-order valence-electron chi connectivity index (χ4n) is 3.56. The first kappa shape index (κ1) is 30.3. The number of anilines is 1. The molecule has 0 radical (unpaired) electrons. The Morgan fingerprint density at radius 2 is 1.97 bits per heavy atom. The second kappa shape index (κ2) is 14.2. The van der Waals surface area contributed by atoms with Gasteiger partial charge in [0, 0.05) is 49.6 Å². The highest BCUT2D eigenvalue weighted by Gasteiger charge is 2.25. The van der Waals surface area contributed by atoms with E-state index in [0.717, 1.165) is 18.8 Å². The highest BCUT2D eigenvalue weighted by molar-refractivity contribution is 14.2. The Labute approximate surface area is 247 Å². The fourth-order valence-corrected chi connectivity index (χ4v) is 4.31. The molecule has 0 bridgehead atoms. The van der Waals surface area contributed by atoms with Crippen molar-refractivity contribution in [1.29, 1.82) is 0 Å². The maximum atomic E-state index is 12.5. The molecule has 3 aromatic rings. The Kier molecular flexibility index (Phi) is 11.3. The summed E-state index contributed by atoms with van der Waals surface area (Å²) in [4.78, 5) is 43.1. The topological polar surface area (TPSA) is 136 Å². The monoisotopic (exact) mass is 752 g/mol. The minimum absolute atomic E-state index is 0.0579. The number of halogens is 2. The highest BCUT2D eigenvalue weighted by atomic mass is 127. The van der Waals surface area contributed by atoms with E-state index in [-0.39, 0.29) is 31.9 Å². The number of imidazole rings is 1. The fraction of sp³-hybridized carbons (Fsp3) is 0.440. The number of alkyl halides is 2. The quantitative estimate of drug-likeness (QED) is 0.116. The van der Waals surface area contributed by atoms with Crippen LogP contribution in [-0.2, 0) is 16.1 Å². The van der Waals surface area contributed by atoms with Crippen molar-refractivity contribution in [2.75, 3.05) is 44.4 Å². The van der Waals surface area contributed by atoms with E-state index < -0.39 is 19.1 Å². The number of aliphatic hydroxyl groups excluding tert-OH is 1. The van der Waals surface area contributed by atoms with Crippen molar-refractivity contribution in [2.24, 2.45) is 0 Å². The van der Waals surface area contributed by atoms with Gasteiger partial charge in [-0.3, -0.25) is 4.79 Å². The Bertz CT molecular complexity index is 1300. The molecule has 0 fully saturated rings. The molecule has 206 valence electrons. The molecule has 0 aliphatic rings. The van der Waals surface area contributed by atoms with Crippen molar-refractivity contribution in [3.8, 4) is 0 Å². The second-order valence-corrected chi connectivity index (χ2v) is 14.5. The number of rotatable bonds is 13. The summed E-state index contributed by atoms with van der Waals surface area (Å²) in [5.74, 6) is -0.523. The number of ether oxygens (including phenoxy) is 2. The normalized spacial score (nSPS) is 11.5. The van der Waals surface area contributed by atoms with Gasteiger partial charge < -0.3 is 29.2 Å². The van der Waals surface area contributed by atoms with Crippen LogP contribution in [0.25, 0.3) is 11.0 Å². The summed E-state index contributed by atoms with van der Waals surface area (Å²) >= 11 is 4.37. The van der Waals surface area contributed by atoms with Gasteiger partial charge in [-0.25, -0.2) is 19.1 Å². The summed E-state index contributed by atoms with van der Waals surface area (Å²) in [6, 6.07) is 7.13. The molecule has 0 aliphatic heterocycles. The highest BCUT2D eigenvalue weighted by Crippen LogP contribution is 2.32. The van der Waals surface area contributed by atoms with Gasteiger partial charge in [0.15, 0.2) is 0 Å². The molecule has 0 spiro atoms. The van der Waals surface area contributed by atoms with Crippen molar-refractivity contribution in [1.82, 2.24) is 14.9 Å². The number of benzene rings is 1. The Hall–Kier alpha value is -2.24. The third-order valence-corrected chi connectivity index (χ3v) is 7.35. The average Bonchev–Trinajstić information content (AvgIpc) is 3.39. The first-order valence-corrected chi connectivity index (χ1v) is 14.2. The van der Waals surface area contributed by atoms with Crippen LogP contribution in [0.1, 0.15) is 36.3 Å². The van der Waals surface area contributed by atoms with Gasteiger partial charge >= 0.3 is 11.7 Å². The van der Waals surface area contributed by atoms with E-state index in [1.807, 2.05) is 18.2 Å². The van der Waals surface area contributed by atoms with Crippen LogP contribution in [0.3, 0.4) is 0 Å². The molecule has 2 aromatic heterocycles. The minimum Gasteiger partial charge on any atom is -0.447 e. The van der Waals surface area contributed by atoms with Crippen molar-refractivity contribution >= 4 is 73.8 Å². The van der Waals surface area contributed by atoms with E-state index in [2.05, 4.69) is 74.2 Å². The van der Waals surface area contributed by atoms with Gasteiger partial charge in [-0.2, -0.15) is 0 Å². The minimum atomic E-state index is -0.690. The van der Waals surface area contributed by atoms with Crippen molar-refractivity contribution in [3.63, 3.8) is 0 Å². The number of carbonyl (C=O) groups is 2. The summed E-state index contributed by atoms with van der Waals surface area (Å²) in [6.07, 6.45) is 2.71. The zero-order valence-corrected chi connectivity index (χ0v) is 25.4. The predicted octanol–water partition coefficient (Wildman–Crippen LogP) is 3.72. The molecule has 2 heterocycles. The van der Waals surface area contributed by atoms with Crippen LogP contribution in [0, 0.1) is 0 Å². The van der Waals surface area contributed by atoms with Crippen LogP contribution >= 0.6 is 45.2 Å². The Balaban J connectivity index is 1.41. The largest absolute Gasteiger partial charge is 0.447 e. The summed E-state index contributed by atoms with van der Waals surface area (Å²) < 4.78 is 17.1. The maximum Gasteiger partial charge on any atom is 0.419 e. The number of nitrogens with one attached hydrogen (secondary N) is 1. The SMILES string of the molecule is CCN(CC)c1ccc2cc(C(=O)NCCOCCC(I)(I)COC(=O)n3cnc(CO)c3)c(=O)oc2c1. The van der Waals surface area contributed by atoms with E-state index in [1.165, 1.54) is 17.1 Å². The van der Waals surface area contributed by atoms with Gasteiger partial charge in [-0.15, -0.1) is 0 Å². The van der Waals surface area contributed by atoms with Gasteiger partial charge in [0.2, 0.25) is 0 Å². The molecule has 3 rings (SSSR count).